The van der Waals surface area contributed by atoms with Crippen LogP contribution in [0.15, 0.2) is 28.9 Å². The number of ether oxygens (including phenoxy) is 1. The van der Waals surface area contributed by atoms with Crippen molar-refractivity contribution in [2.75, 3.05) is 19.7 Å². The zero-order valence-corrected chi connectivity index (χ0v) is 10.1. The van der Waals surface area contributed by atoms with Gasteiger partial charge in [0, 0.05) is 13.2 Å². The first-order chi connectivity index (χ1) is 7.79. The third-order valence-corrected chi connectivity index (χ3v) is 2.04. The molecule has 1 rings (SSSR count). The molecule has 0 aliphatic rings. The number of furan rings is 1. The summed E-state index contributed by atoms with van der Waals surface area (Å²) >= 11 is 0. The summed E-state index contributed by atoms with van der Waals surface area (Å²) in [5.74, 6) is 0.893. The molecule has 0 spiro atoms. The average molecular weight is 223 g/mol. The van der Waals surface area contributed by atoms with Gasteiger partial charge >= 0.3 is 0 Å². The summed E-state index contributed by atoms with van der Waals surface area (Å²) in [5.41, 5.74) is 0. The Morgan fingerprint density at radius 3 is 3.06 bits per heavy atom. The molecule has 1 aromatic rings. The molecule has 0 bridgehead atoms. The Kier molecular flexibility index (Phi) is 6.61. The van der Waals surface area contributed by atoms with E-state index in [4.69, 9.17) is 9.15 Å². The first-order valence-corrected chi connectivity index (χ1v) is 5.81. The Labute approximate surface area is 97.5 Å². The summed E-state index contributed by atoms with van der Waals surface area (Å²) in [6, 6.07) is 3.82. The van der Waals surface area contributed by atoms with Crippen LogP contribution in [0.4, 0.5) is 0 Å². The molecule has 0 amide bonds. The van der Waals surface area contributed by atoms with Crippen molar-refractivity contribution in [2.24, 2.45) is 0 Å². The molecular weight excluding hydrogens is 202 g/mol. The summed E-state index contributed by atoms with van der Waals surface area (Å²) in [6.07, 6.45) is 7.09. The lowest BCUT2D eigenvalue weighted by Crippen LogP contribution is -2.17. The van der Waals surface area contributed by atoms with Gasteiger partial charge in [-0.15, -0.1) is 0 Å². The van der Waals surface area contributed by atoms with Gasteiger partial charge in [0.25, 0.3) is 0 Å². The third kappa shape index (κ3) is 6.43. The van der Waals surface area contributed by atoms with Gasteiger partial charge in [-0.05, 0) is 45.0 Å². The van der Waals surface area contributed by atoms with Crippen molar-refractivity contribution in [3.8, 4) is 0 Å². The number of nitrogens with one attached hydrogen (secondary N) is 1. The van der Waals surface area contributed by atoms with Crippen molar-refractivity contribution < 1.29 is 9.15 Å². The summed E-state index contributed by atoms with van der Waals surface area (Å²) in [6.45, 7) is 6.78. The molecule has 3 heteroatoms. The molecule has 3 nitrogen and oxygen atoms in total. The lowest BCUT2D eigenvalue weighted by atomic mass is 10.4. The van der Waals surface area contributed by atoms with Crippen molar-refractivity contribution >= 4 is 6.08 Å². The molecule has 0 saturated heterocycles. The van der Waals surface area contributed by atoms with Crippen molar-refractivity contribution in [1.82, 2.24) is 5.32 Å². The molecule has 0 unspecified atom stereocenters. The van der Waals surface area contributed by atoms with Gasteiger partial charge in [-0.25, -0.2) is 0 Å². The van der Waals surface area contributed by atoms with Gasteiger partial charge in [-0.2, -0.15) is 0 Å². The average Bonchev–Trinajstić information content (AvgIpc) is 2.74. The second kappa shape index (κ2) is 8.13. The zero-order chi connectivity index (χ0) is 11.6. The van der Waals surface area contributed by atoms with Gasteiger partial charge in [-0.3, -0.25) is 0 Å². The fourth-order valence-corrected chi connectivity index (χ4v) is 1.26. The van der Waals surface area contributed by atoms with Crippen LogP contribution in [0.3, 0.4) is 0 Å². The van der Waals surface area contributed by atoms with Crippen LogP contribution in [-0.2, 0) is 4.74 Å². The van der Waals surface area contributed by atoms with E-state index in [2.05, 4.69) is 25.2 Å². The van der Waals surface area contributed by atoms with Crippen LogP contribution in [0.25, 0.3) is 6.08 Å². The van der Waals surface area contributed by atoms with Gasteiger partial charge in [0.2, 0.25) is 0 Å². The highest BCUT2D eigenvalue weighted by Gasteiger charge is 1.92. The SMILES string of the molecule is CC(C)OCCCNC/C=C/c1ccco1. The van der Waals surface area contributed by atoms with E-state index in [9.17, 15) is 0 Å². The van der Waals surface area contributed by atoms with E-state index in [1.807, 2.05) is 18.2 Å². The van der Waals surface area contributed by atoms with E-state index in [0.717, 1.165) is 31.9 Å². The highest BCUT2D eigenvalue weighted by molar-refractivity contribution is 5.42. The Morgan fingerprint density at radius 2 is 2.38 bits per heavy atom. The van der Waals surface area contributed by atoms with Gasteiger partial charge in [0.15, 0.2) is 0 Å². The molecule has 0 radical (unpaired) electrons. The highest BCUT2D eigenvalue weighted by Crippen LogP contribution is 2.01. The van der Waals surface area contributed by atoms with E-state index in [-0.39, 0.29) is 0 Å². The summed E-state index contributed by atoms with van der Waals surface area (Å²) in [5, 5.41) is 3.31. The first-order valence-electron chi connectivity index (χ1n) is 5.81. The van der Waals surface area contributed by atoms with Crippen LogP contribution in [0.5, 0.6) is 0 Å². The summed E-state index contributed by atoms with van der Waals surface area (Å²) in [7, 11) is 0. The third-order valence-electron chi connectivity index (χ3n) is 2.04. The number of hydrogen-bond donors (Lipinski definition) is 1. The minimum absolute atomic E-state index is 0.332. The van der Waals surface area contributed by atoms with E-state index in [1.165, 1.54) is 0 Å². The molecule has 0 aliphatic carbocycles. The topological polar surface area (TPSA) is 34.4 Å². The Hall–Kier alpha value is -1.06. The molecule has 0 saturated carbocycles. The van der Waals surface area contributed by atoms with Crippen molar-refractivity contribution in [3.05, 3.63) is 30.2 Å². The second-order valence-electron chi connectivity index (χ2n) is 3.90. The smallest absolute Gasteiger partial charge is 0.126 e. The highest BCUT2D eigenvalue weighted by atomic mass is 16.5. The molecule has 1 aromatic heterocycles. The molecule has 1 N–H and O–H groups in total. The standard InChI is InChI=1S/C13H21NO2/c1-12(2)15-11-5-9-14-8-3-6-13-7-4-10-16-13/h3-4,6-7,10,12,14H,5,8-9,11H2,1-2H3/b6-3+. The Bertz CT molecular complexity index is 278. The number of hydrogen-bond acceptors (Lipinski definition) is 3. The monoisotopic (exact) mass is 223 g/mol. The van der Waals surface area contributed by atoms with E-state index < -0.39 is 0 Å². The predicted molar refractivity (Wildman–Crippen MR) is 66.3 cm³/mol. The van der Waals surface area contributed by atoms with Crippen LogP contribution in [-0.4, -0.2) is 25.8 Å². The van der Waals surface area contributed by atoms with E-state index in [0.29, 0.717) is 6.10 Å². The van der Waals surface area contributed by atoms with Crippen LogP contribution < -0.4 is 5.32 Å². The molecule has 1 heterocycles. The Morgan fingerprint density at radius 1 is 1.50 bits per heavy atom. The summed E-state index contributed by atoms with van der Waals surface area (Å²) in [4.78, 5) is 0. The predicted octanol–water partition coefficient (Wildman–Crippen LogP) is 2.70. The van der Waals surface area contributed by atoms with Crippen molar-refractivity contribution in [2.45, 2.75) is 26.4 Å². The lowest BCUT2D eigenvalue weighted by Gasteiger charge is -2.06. The second-order valence-corrected chi connectivity index (χ2v) is 3.90. The molecule has 0 aromatic carbocycles. The fourth-order valence-electron chi connectivity index (χ4n) is 1.26. The van der Waals surface area contributed by atoms with E-state index >= 15 is 0 Å². The molecule has 0 fully saturated rings. The van der Waals surface area contributed by atoms with Gasteiger partial charge in [0.05, 0.1) is 12.4 Å². The molecular formula is C13H21NO2. The molecule has 0 atom stereocenters. The molecule has 90 valence electrons. The van der Waals surface area contributed by atoms with Crippen LogP contribution in [0.2, 0.25) is 0 Å². The van der Waals surface area contributed by atoms with Gasteiger partial charge in [-0.1, -0.05) is 6.08 Å². The van der Waals surface area contributed by atoms with Crippen molar-refractivity contribution in [1.29, 1.82) is 0 Å². The zero-order valence-electron chi connectivity index (χ0n) is 10.1. The molecule has 16 heavy (non-hydrogen) atoms. The maximum Gasteiger partial charge on any atom is 0.126 e. The minimum atomic E-state index is 0.332. The van der Waals surface area contributed by atoms with Gasteiger partial charge in [0.1, 0.15) is 5.76 Å². The van der Waals surface area contributed by atoms with E-state index in [1.54, 1.807) is 6.26 Å². The van der Waals surface area contributed by atoms with Crippen LogP contribution in [0.1, 0.15) is 26.0 Å². The largest absolute Gasteiger partial charge is 0.465 e. The fraction of sp³-hybridized carbons (Fsp3) is 0.538. The normalized spacial score (nSPS) is 11.7. The van der Waals surface area contributed by atoms with Crippen LogP contribution >= 0.6 is 0 Å². The Balaban J connectivity index is 1.92. The maximum atomic E-state index is 5.43. The number of rotatable bonds is 8. The van der Waals surface area contributed by atoms with Crippen molar-refractivity contribution in [3.63, 3.8) is 0 Å². The first kappa shape index (κ1) is 13.0. The minimum Gasteiger partial charge on any atom is -0.465 e. The van der Waals surface area contributed by atoms with Crippen LogP contribution in [0, 0.1) is 0 Å². The van der Waals surface area contributed by atoms with Gasteiger partial charge < -0.3 is 14.5 Å². The lowest BCUT2D eigenvalue weighted by molar-refractivity contribution is 0.0772. The summed E-state index contributed by atoms with van der Waals surface area (Å²) < 4.78 is 10.6. The maximum absolute atomic E-state index is 5.43. The molecule has 0 aliphatic heterocycles. The quantitative estimate of drug-likeness (QED) is 0.688.